The molecule has 0 aromatic rings. The molecule has 0 spiro atoms. The van der Waals surface area contributed by atoms with E-state index < -0.39 is 11.2 Å². The van der Waals surface area contributed by atoms with E-state index in [1.54, 1.807) is 13.8 Å². The van der Waals surface area contributed by atoms with Crippen LogP contribution in [0, 0.1) is 22.0 Å². The Bertz CT molecular complexity index is 350. The summed E-state index contributed by atoms with van der Waals surface area (Å²) < 4.78 is 0. The molecule has 8 nitrogen and oxygen atoms in total. The molecule has 1 fully saturated rings. The number of hydrogen-bond donors (Lipinski definition) is 2. The Hall–Kier alpha value is -1.86. The largest absolute Gasteiger partial charge is 0.311 e. The first-order valence-corrected chi connectivity index (χ1v) is 6.31. The molecule has 0 saturated heterocycles. The maximum atomic E-state index is 11.8. The number of rotatable bonds is 4. The average molecular weight is 273 g/mol. The van der Waals surface area contributed by atoms with Crippen LogP contribution in [0.4, 0.5) is 0 Å². The van der Waals surface area contributed by atoms with Crippen molar-refractivity contribution in [1.29, 1.82) is 0 Å². The van der Waals surface area contributed by atoms with Crippen molar-refractivity contribution in [2.24, 2.45) is 11.8 Å². The lowest BCUT2D eigenvalue weighted by molar-refractivity contribution is -0.769. The molecule has 0 radical (unpaired) electrons. The van der Waals surface area contributed by atoms with Gasteiger partial charge in [0.2, 0.25) is 11.8 Å². The first kappa shape index (κ1) is 15.2. The summed E-state index contributed by atoms with van der Waals surface area (Å²) in [4.78, 5) is 37.7. The molecule has 1 aliphatic carbocycles. The van der Waals surface area contributed by atoms with E-state index in [1.807, 2.05) is 0 Å². The standard InChI is InChI=1S/C11H19N3O5/c1-7(2)10(15)12-13-11(16)8-3-5-9(6-4-8)19-14(17)18/h7-9H,3-6H2,1-2H3,(H,12,15)(H,13,16). The molecule has 2 N–H and O–H groups in total. The Labute approximate surface area is 110 Å². The Morgan fingerprint density at radius 3 is 2.26 bits per heavy atom. The minimum Gasteiger partial charge on any atom is -0.311 e. The Morgan fingerprint density at radius 1 is 1.21 bits per heavy atom. The van der Waals surface area contributed by atoms with E-state index in [0.717, 1.165) is 0 Å². The number of hydrogen-bond acceptors (Lipinski definition) is 5. The molecule has 0 unspecified atom stereocenters. The predicted molar refractivity (Wildman–Crippen MR) is 64.9 cm³/mol. The third-order valence-corrected chi connectivity index (χ3v) is 3.11. The predicted octanol–water partition coefficient (Wildman–Crippen LogP) is 0.557. The van der Waals surface area contributed by atoms with Gasteiger partial charge in [-0.1, -0.05) is 13.8 Å². The van der Waals surface area contributed by atoms with Crippen molar-refractivity contribution in [2.45, 2.75) is 45.6 Å². The molecular weight excluding hydrogens is 254 g/mol. The van der Waals surface area contributed by atoms with Crippen molar-refractivity contribution in [2.75, 3.05) is 0 Å². The van der Waals surface area contributed by atoms with Gasteiger partial charge in [0.15, 0.2) is 0 Å². The summed E-state index contributed by atoms with van der Waals surface area (Å²) in [6, 6.07) is 0. The van der Waals surface area contributed by atoms with E-state index in [0.29, 0.717) is 25.7 Å². The van der Waals surface area contributed by atoms with E-state index in [-0.39, 0.29) is 23.7 Å². The van der Waals surface area contributed by atoms with E-state index in [2.05, 4.69) is 15.7 Å². The first-order valence-electron chi connectivity index (χ1n) is 6.31. The van der Waals surface area contributed by atoms with Crippen LogP contribution in [0.25, 0.3) is 0 Å². The summed E-state index contributed by atoms with van der Waals surface area (Å²) in [6.45, 7) is 3.45. The van der Waals surface area contributed by atoms with Crippen LogP contribution in [-0.2, 0) is 14.4 Å². The van der Waals surface area contributed by atoms with Crippen molar-refractivity contribution >= 4 is 11.8 Å². The number of nitrogens with zero attached hydrogens (tertiary/aromatic N) is 1. The molecule has 1 aliphatic rings. The smallest absolute Gasteiger partial charge is 0.294 e. The number of carbonyl (C=O) groups excluding carboxylic acids is 2. The lowest BCUT2D eigenvalue weighted by atomic mass is 9.87. The molecule has 0 atom stereocenters. The van der Waals surface area contributed by atoms with Gasteiger partial charge in [-0.25, -0.2) is 0 Å². The van der Waals surface area contributed by atoms with Crippen molar-refractivity contribution in [3.63, 3.8) is 0 Å². The highest BCUT2D eigenvalue weighted by molar-refractivity contribution is 5.84. The van der Waals surface area contributed by atoms with E-state index in [1.165, 1.54) is 0 Å². The van der Waals surface area contributed by atoms with Crippen molar-refractivity contribution < 1.29 is 19.5 Å². The fourth-order valence-electron chi connectivity index (χ4n) is 1.92. The van der Waals surface area contributed by atoms with Gasteiger partial charge in [0.25, 0.3) is 5.09 Å². The second-order valence-corrected chi connectivity index (χ2v) is 4.94. The summed E-state index contributed by atoms with van der Waals surface area (Å²) in [6.07, 6.45) is 1.54. The quantitative estimate of drug-likeness (QED) is 0.574. The number of amides is 2. The highest BCUT2D eigenvalue weighted by atomic mass is 17.0. The lowest BCUT2D eigenvalue weighted by Gasteiger charge is -2.26. The number of carbonyl (C=O) groups is 2. The van der Waals surface area contributed by atoms with Gasteiger partial charge < -0.3 is 4.84 Å². The third kappa shape index (κ3) is 5.11. The molecule has 2 amide bonds. The highest BCUT2D eigenvalue weighted by Gasteiger charge is 2.28. The van der Waals surface area contributed by atoms with Gasteiger partial charge in [0.1, 0.15) is 6.10 Å². The normalized spacial score (nSPS) is 22.7. The van der Waals surface area contributed by atoms with Gasteiger partial charge in [0.05, 0.1) is 0 Å². The average Bonchev–Trinajstić information content (AvgIpc) is 2.35. The first-order chi connectivity index (χ1) is 8.90. The van der Waals surface area contributed by atoms with Crippen LogP contribution in [-0.4, -0.2) is 23.0 Å². The topological polar surface area (TPSA) is 111 Å². The molecule has 0 aliphatic heterocycles. The molecule has 19 heavy (non-hydrogen) atoms. The van der Waals surface area contributed by atoms with Crippen molar-refractivity contribution in [3.8, 4) is 0 Å². The van der Waals surface area contributed by atoms with E-state index >= 15 is 0 Å². The van der Waals surface area contributed by atoms with Crippen LogP contribution in [0.3, 0.4) is 0 Å². The molecule has 0 aromatic carbocycles. The summed E-state index contributed by atoms with van der Waals surface area (Å²) in [5, 5.41) is 9.38. The second-order valence-electron chi connectivity index (χ2n) is 4.94. The van der Waals surface area contributed by atoms with Crippen molar-refractivity contribution in [3.05, 3.63) is 10.1 Å². The van der Waals surface area contributed by atoms with Crippen LogP contribution in [0.15, 0.2) is 0 Å². The number of hydrazine groups is 1. The maximum absolute atomic E-state index is 11.8. The van der Waals surface area contributed by atoms with Crippen LogP contribution >= 0.6 is 0 Å². The van der Waals surface area contributed by atoms with Gasteiger partial charge in [-0.05, 0) is 25.7 Å². The summed E-state index contributed by atoms with van der Waals surface area (Å²) in [5.41, 5.74) is 4.72. The molecular formula is C11H19N3O5. The third-order valence-electron chi connectivity index (χ3n) is 3.11. The fraction of sp³-hybridized carbons (Fsp3) is 0.818. The Morgan fingerprint density at radius 2 is 1.79 bits per heavy atom. The second kappa shape index (κ2) is 6.91. The van der Waals surface area contributed by atoms with Gasteiger partial charge >= 0.3 is 0 Å². The van der Waals surface area contributed by atoms with Gasteiger partial charge in [-0.15, -0.1) is 10.1 Å². The molecule has 0 heterocycles. The monoisotopic (exact) mass is 273 g/mol. The van der Waals surface area contributed by atoms with E-state index in [4.69, 9.17) is 0 Å². The molecule has 8 heteroatoms. The molecule has 108 valence electrons. The summed E-state index contributed by atoms with van der Waals surface area (Å²) >= 11 is 0. The Balaban J connectivity index is 2.29. The minimum atomic E-state index is -0.798. The highest BCUT2D eigenvalue weighted by Crippen LogP contribution is 2.26. The zero-order valence-electron chi connectivity index (χ0n) is 11.0. The molecule has 1 rings (SSSR count). The summed E-state index contributed by atoms with van der Waals surface area (Å²) in [7, 11) is 0. The van der Waals surface area contributed by atoms with Gasteiger partial charge in [-0.3, -0.25) is 20.4 Å². The maximum Gasteiger partial charge on any atom is 0.294 e. The van der Waals surface area contributed by atoms with Crippen molar-refractivity contribution in [1.82, 2.24) is 10.9 Å². The Kier molecular flexibility index (Phi) is 5.53. The van der Waals surface area contributed by atoms with E-state index in [9.17, 15) is 19.7 Å². The molecule has 0 bridgehead atoms. The fourth-order valence-corrected chi connectivity index (χ4v) is 1.92. The van der Waals surface area contributed by atoms with Crippen LogP contribution in [0.5, 0.6) is 0 Å². The van der Waals surface area contributed by atoms with Crippen LogP contribution in [0.1, 0.15) is 39.5 Å². The van der Waals surface area contributed by atoms with Gasteiger partial charge in [-0.2, -0.15) is 0 Å². The lowest BCUT2D eigenvalue weighted by Crippen LogP contribution is -2.47. The molecule has 0 aromatic heterocycles. The van der Waals surface area contributed by atoms with Gasteiger partial charge in [0, 0.05) is 11.8 Å². The molecule has 1 saturated carbocycles. The summed E-state index contributed by atoms with van der Waals surface area (Å²) in [5.74, 6) is -0.948. The zero-order chi connectivity index (χ0) is 14.4. The number of nitrogens with one attached hydrogen (secondary N) is 2. The van der Waals surface area contributed by atoms with Crippen LogP contribution in [0.2, 0.25) is 0 Å². The SMILES string of the molecule is CC(C)C(=O)NNC(=O)C1CCC(O[N+](=O)[O-])CC1. The van der Waals surface area contributed by atoms with Crippen LogP contribution < -0.4 is 10.9 Å². The minimum absolute atomic E-state index is 0.204. The zero-order valence-corrected chi connectivity index (χ0v) is 11.0.